The highest BCUT2D eigenvalue weighted by atomic mass is 19.3. The molecule has 0 heterocycles. The van der Waals surface area contributed by atoms with Crippen molar-refractivity contribution in [2.45, 2.75) is 43.6 Å². The molecule has 0 saturated heterocycles. The minimum Gasteiger partial charge on any atom is -0.392 e. The fourth-order valence-corrected chi connectivity index (χ4v) is 2.96. The molecule has 0 aliphatic heterocycles. The van der Waals surface area contributed by atoms with E-state index < -0.39 is 23.8 Å². The summed E-state index contributed by atoms with van der Waals surface area (Å²) in [6.07, 6.45) is -0.821. The van der Waals surface area contributed by atoms with E-state index in [0.717, 1.165) is 0 Å². The fourth-order valence-electron chi connectivity index (χ4n) is 2.96. The summed E-state index contributed by atoms with van der Waals surface area (Å²) in [5, 5.41) is 10.4. The number of aliphatic hydroxyl groups is 1. The van der Waals surface area contributed by atoms with E-state index in [1.807, 2.05) is 0 Å². The monoisotopic (exact) mass is 287 g/mol. The Kier molecular flexibility index (Phi) is 4.70. The van der Waals surface area contributed by atoms with Crippen molar-refractivity contribution in [2.75, 3.05) is 6.54 Å². The molecule has 1 aromatic rings. The standard InChI is InChI=1S/C15H20F3NO/c16-13-4-2-1-3-11(13)12(9-19)14(20)10-5-7-15(17,18)8-6-10/h1-4,10,12,14,20H,5-9,19H2. The van der Waals surface area contributed by atoms with Crippen molar-refractivity contribution in [3.05, 3.63) is 35.6 Å². The van der Waals surface area contributed by atoms with Crippen LogP contribution in [0.25, 0.3) is 0 Å². The molecule has 0 spiro atoms. The van der Waals surface area contributed by atoms with Crippen LogP contribution in [-0.4, -0.2) is 23.7 Å². The first kappa shape index (κ1) is 15.3. The first-order chi connectivity index (χ1) is 9.44. The third kappa shape index (κ3) is 3.33. The predicted molar refractivity (Wildman–Crippen MR) is 71.1 cm³/mol. The lowest BCUT2D eigenvalue weighted by atomic mass is 9.77. The molecule has 5 heteroatoms. The highest BCUT2D eigenvalue weighted by Crippen LogP contribution is 2.40. The molecular formula is C15H20F3NO. The van der Waals surface area contributed by atoms with E-state index in [1.165, 1.54) is 6.07 Å². The Morgan fingerprint density at radius 1 is 1.25 bits per heavy atom. The summed E-state index contributed by atoms with van der Waals surface area (Å²) < 4.78 is 40.1. The molecule has 0 amide bonds. The highest BCUT2D eigenvalue weighted by molar-refractivity contribution is 5.23. The van der Waals surface area contributed by atoms with Gasteiger partial charge in [-0.15, -0.1) is 0 Å². The molecule has 2 rings (SSSR count). The summed E-state index contributed by atoms with van der Waals surface area (Å²) in [7, 11) is 0. The summed E-state index contributed by atoms with van der Waals surface area (Å²) in [5.74, 6) is -3.84. The normalized spacial score (nSPS) is 22.4. The molecule has 20 heavy (non-hydrogen) atoms. The molecule has 1 aromatic carbocycles. The SMILES string of the molecule is NCC(c1ccccc1F)C(O)C1CCC(F)(F)CC1. The Bertz CT molecular complexity index is 442. The van der Waals surface area contributed by atoms with Gasteiger partial charge >= 0.3 is 0 Å². The number of nitrogens with two attached hydrogens (primary N) is 1. The van der Waals surface area contributed by atoms with Gasteiger partial charge in [-0.05, 0) is 30.4 Å². The van der Waals surface area contributed by atoms with Crippen molar-refractivity contribution in [3.63, 3.8) is 0 Å². The van der Waals surface area contributed by atoms with E-state index in [1.54, 1.807) is 18.2 Å². The smallest absolute Gasteiger partial charge is 0.248 e. The molecule has 1 aliphatic rings. The Morgan fingerprint density at radius 2 is 1.85 bits per heavy atom. The topological polar surface area (TPSA) is 46.2 Å². The lowest BCUT2D eigenvalue weighted by Crippen LogP contribution is -2.37. The van der Waals surface area contributed by atoms with Gasteiger partial charge in [0.15, 0.2) is 0 Å². The first-order valence-corrected chi connectivity index (χ1v) is 6.95. The van der Waals surface area contributed by atoms with Gasteiger partial charge in [0.1, 0.15) is 5.82 Å². The molecular weight excluding hydrogens is 267 g/mol. The van der Waals surface area contributed by atoms with Crippen molar-refractivity contribution < 1.29 is 18.3 Å². The Balaban J connectivity index is 2.10. The zero-order chi connectivity index (χ0) is 14.8. The molecule has 1 saturated carbocycles. The average molecular weight is 287 g/mol. The van der Waals surface area contributed by atoms with Gasteiger partial charge in [-0.2, -0.15) is 0 Å². The van der Waals surface area contributed by atoms with Crippen molar-refractivity contribution in [2.24, 2.45) is 11.7 Å². The zero-order valence-electron chi connectivity index (χ0n) is 11.2. The van der Waals surface area contributed by atoms with Crippen LogP contribution in [0.5, 0.6) is 0 Å². The summed E-state index contributed by atoms with van der Waals surface area (Å²) in [6.45, 7) is 0.0923. The first-order valence-electron chi connectivity index (χ1n) is 6.95. The van der Waals surface area contributed by atoms with E-state index in [9.17, 15) is 18.3 Å². The Labute approximate surface area is 116 Å². The lowest BCUT2D eigenvalue weighted by molar-refractivity contribution is -0.0652. The van der Waals surface area contributed by atoms with E-state index >= 15 is 0 Å². The van der Waals surface area contributed by atoms with Gasteiger partial charge in [0, 0.05) is 25.3 Å². The van der Waals surface area contributed by atoms with E-state index in [0.29, 0.717) is 5.56 Å². The fraction of sp³-hybridized carbons (Fsp3) is 0.600. The lowest BCUT2D eigenvalue weighted by Gasteiger charge is -2.34. The van der Waals surface area contributed by atoms with Crippen molar-refractivity contribution in [3.8, 4) is 0 Å². The second-order valence-corrected chi connectivity index (χ2v) is 5.55. The maximum atomic E-state index is 13.8. The zero-order valence-corrected chi connectivity index (χ0v) is 11.2. The maximum absolute atomic E-state index is 13.8. The van der Waals surface area contributed by atoms with Crippen molar-refractivity contribution in [1.29, 1.82) is 0 Å². The van der Waals surface area contributed by atoms with Gasteiger partial charge in [0.25, 0.3) is 0 Å². The minimum atomic E-state index is -2.63. The van der Waals surface area contributed by atoms with E-state index in [-0.39, 0.29) is 38.1 Å². The molecule has 0 bridgehead atoms. The van der Waals surface area contributed by atoms with Crippen LogP contribution in [0, 0.1) is 11.7 Å². The second-order valence-electron chi connectivity index (χ2n) is 5.55. The summed E-state index contributed by atoms with van der Waals surface area (Å²) in [6, 6.07) is 6.16. The Hall–Kier alpha value is -1.07. The molecule has 3 N–H and O–H groups in total. The van der Waals surface area contributed by atoms with Gasteiger partial charge in [-0.3, -0.25) is 0 Å². The van der Waals surface area contributed by atoms with Gasteiger partial charge in [-0.25, -0.2) is 13.2 Å². The summed E-state index contributed by atoms with van der Waals surface area (Å²) in [4.78, 5) is 0. The van der Waals surface area contributed by atoms with Crippen LogP contribution in [0.1, 0.15) is 37.2 Å². The number of hydrogen-bond acceptors (Lipinski definition) is 2. The van der Waals surface area contributed by atoms with Crippen LogP contribution in [0.2, 0.25) is 0 Å². The van der Waals surface area contributed by atoms with Gasteiger partial charge in [-0.1, -0.05) is 18.2 Å². The van der Waals surface area contributed by atoms with E-state index in [2.05, 4.69) is 0 Å². The number of benzene rings is 1. The van der Waals surface area contributed by atoms with Gasteiger partial charge in [0.2, 0.25) is 5.92 Å². The molecule has 0 radical (unpaired) electrons. The number of aliphatic hydroxyl groups excluding tert-OH is 1. The van der Waals surface area contributed by atoms with Crippen molar-refractivity contribution >= 4 is 0 Å². The summed E-state index contributed by atoms with van der Waals surface area (Å²) >= 11 is 0. The van der Waals surface area contributed by atoms with Crippen LogP contribution in [-0.2, 0) is 0 Å². The predicted octanol–water partition coefficient (Wildman–Crippen LogP) is 3.05. The van der Waals surface area contributed by atoms with Crippen LogP contribution < -0.4 is 5.73 Å². The van der Waals surface area contributed by atoms with E-state index in [4.69, 9.17) is 5.73 Å². The molecule has 2 atom stereocenters. The number of halogens is 3. The van der Waals surface area contributed by atoms with Gasteiger partial charge < -0.3 is 10.8 Å². The molecule has 0 aromatic heterocycles. The molecule has 2 nitrogen and oxygen atoms in total. The second kappa shape index (κ2) is 6.14. The van der Waals surface area contributed by atoms with Crippen LogP contribution in [0.3, 0.4) is 0 Å². The largest absolute Gasteiger partial charge is 0.392 e. The number of hydrogen-bond donors (Lipinski definition) is 2. The Morgan fingerprint density at radius 3 is 2.40 bits per heavy atom. The van der Waals surface area contributed by atoms with Crippen LogP contribution in [0.15, 0.2) is 24.3 Å². The van der Waals surface area contributed by atoms with Crippen LogP contribution in [0.4, 0.5) is 13.2 Å². The molecule has 1 aliphatic carbocycles. The van der Waals surface area contributed by atoms with Crippen molar-refractivity contribution in [1.82, 2.24) is 0 Å². The van der Waals surface area contributed by atoms with Crippen LogP contribution >= 0.6 is 0 Å². The third-order valence-corrected chi connectivity index (χ3v) is 4.22. The molecule has 112 valence electrons. The maximum Gasteiger partial charge on any atom is 0.248 e. The highest BCUT2D eigenvalue weighted by Gasteiger charge is 2.39. The third-order valence-electron chi connectivity index (χ3n) is 4.22. The number of alkyl halides is 2. The quantitative estimate of drug-likeness (QED) is 0.894. The van der Waals surface area contributed by atoms with Gasteiger partial charge in [0.05, 0.1) is 6.10 Å². The average Bonchev–Trinajstić information content (AvgIpc) is 2.41. The molecule has 2 unspecified atom stereocenters. The molecule has 1 fully saturated rings. The minimum absolute atomic E-state index is 0.0923. The summed E-state index contributed by atoms with van der Waals surface area (Å²) in [5.41, 5.74) is 6.02. The number of rotatable bonds is 4.